The molecule has 3 heterocycles. The maximum Gasteiger partial charge on any atom is 0.0991 e. The quantitative estimate of drug-likeness (QED) is 0.191. The van der Waals surface area contributed by atoms with Crippen LogP contribution in [0.2, 0.25) is 0 Å². The van der Waals surface area contributed by atoms with E-state index in [0.717, 1.165) is 46.3 Å². The molecule has 1 aliphatic heterocycles. The number of rotatable bonds is 3. The number of nitrogens with zero attached hydrogens (tertiary/aromatic N) is 5. The van der Waals surface area contributed by atoms with Crippen molar-refractivity contribution in [2.45, 2.75) is 13.1 Å². The zero-order valence-electron chi connectivity index (χ0n) is 27.6. The highest BCUT2D eigenvalue weighted by Crippen LogP contribution is 2.41. The summed E-state index contributed by atoms with van der Waals surface area (Å²) in [6.07, 6.45) is 0. The van der Waals surface area contributed by atoms with Gasteiger partial charge in [-0.3, -0.25) is 0 Å². The van der Waals surface area contributed by atoms with Gasteiger partial charge >= 0.3 is 0 Å². The van der Waals surface area contributed by atoms with Gasteiger partial charge in [-0.1, -0.05) is 66.7 Å². The summed E-state index contributed by atoms with van der Waals surface area (Å²) in [5.74, 6) is 0. The average molecular weight is 652 g/mol. The minimum atomic E-state index is 0.596. The maximum absolute atomic E-state index is 9.74. The number of fused-ring (bicyclic) bond motifs is 9. The highest BCUT2D eigenvalue weighted by Gasteiger charge is 2.23. The molecule has 10 rings (SSSR count). The first-order valence-corrected chi connectivity index (χ1v) is 17.1. The van der Waals surface area contributed by atoms with Crippen LogP contribution < -0.4 is 4.90 Å². The van der Waals surface area contributed by atoms with Crippen molar-refractivity contribution in [1.82, 2.24) is 9.13 Å². The number of nitriles is 2. The summed E-state index contributed by atoms with van der Waals surface area (Å²) in [6, 6.07) is 58.0. The van der Waals surface area contributed by atoms with Crippen LogP contribution in [0.5, 0.6) is 0 Å². The number of hydrogen-bond acceptors (Lipinski definition) is 3. The molecule has 0 spiro atoms. The molecule has 51 heavy (non-hydrogen) atoms. The third-order valence-corrected chi connectivity index (χ3v) is 10.4. The Kier molecular flexibility index (Phi) is 6.37. The number of para-hydroxylation sites is 3. The zero-order chi connectivity index (χ0) is 34.1. The molecule has 7 aromatic carbocycles. The van der Waals surface area contributed by atoms with Crippen LogP contribution in [0.25, 0.3) is 66.1 Å². The van der Waals surface area contributed by atoms with E-state index in [1.165, 1.54) is 49.7 Å². The summed E-state index contributed by atoms with van der Waals surface area (Å²) in [5.41, 5.74) is 13.8. The Bertz CT molecular complexity index is 2830. The van der Waals surface area contributed by atoms with Gasteiger partial charge in [-0.25, -0.2) is 0 Å². The monoisotopic (exact) mass is 651 g/mol. The lowest BCUT2D eigenvalue weighted by Gasteiger charge is -2.24. The molecule has 0 atom stereocenters. The SMILES string of the molecule is N#Cc1ccc2c(c1)c1cc(C#N)ccc1n2-c1ccc2c(c1)-c1cc(-n3c4ccccc4c4ccccc43)ccc1CN(c1ccccc1)C2. The molecule has 2 aromatic heterocycles. The van der Waals surface area contributed by atoms with Crippen LogP contribution in [0.1, 0.15) is 22.3 Å². The molecular weight excluding hydrogens is 623 g/mol. The van der Waals surface area contributed by atoms with E-state index in [1.54, 1.807) is 0 Å². The summed E-state index contributed by atoms with van der Waals surface area (Å²) in [6.45, 7) is 1.54. The van der Waals surface area contributed by atoms with Crippen molar-refractivity contribution in [1.29, 1.82) is 10.5 Å². The first kappa shape index (κ1) is 28.9. The molecule has 238 valence electrons. The lowest BCUT2D eigenvalue weighted by molar-refractivity contribution is 0.812. The van der Waals surface area contributed by atoms with E-state index in [1.807, 2.05) is 36.4 Å². The van der Waals surface area contributed by atoms with Crippen molar-refractivity contribution < 1.29 is 0 Å². The molecule has 1 aliphatic rings. The number of benzene rings is 7. The topological polar surface area (TPSA) is 60.7 Å². The van der Waals surface area contributed by atoms with Crippen molar-refractivity contribution in [3.05, 3.63) is 174 Å². The third-order valence-electron chi connectivity index (χ3n) is 10.4. The zero-order valence-corrected chi connectivity index (χ0v) is 27.6. The molecule has 5 heteroatoms. The fourth-order valence-corrected chi connectivity index (χ4v) is 8.11. The van der Waals surface area contributed by atoms with Gasteiger partial charge in [-0.2, -0.15) is 10.5 Å². The fraction of sp³-hybridized carbons (Fsp3) is 0.0435. The highest BCUT2D eigenvalue weighted by molar-refractivity contribution is 6.11. The molecule has 0 aliphatic carbocycles. The Morgan fingerprint density at radius 3 is 1.33 bits per heavy atom. The Hall–Kier alpha value is -7.08. The summed E-state index contributed by atoms with van der Waals surface area (Å²) < 4.78 is 4.66. The molecular formula is C46H29N5. The van der Waals surface area contributed by atoms with E-state index >= 15 is 0 Å². The van der Waals surface area contributed by atoms with Crippen LogP contribution in [0.15, 0.2) is 152 Å². The van der Waals surface area contributed by atoms with E-state index in [4.69, 9.17) is 0 Å². The second-order valence-corrected chi connectivity index (χ2v) is 13.3. The predicted octanol–water partition coefficient (Wildman–Crippen LogP) is 10.8. The minimum Gasteiger partial charge on any atom is -0.363 e. The Morgan fingerprint density at radius 1 is 0.392 bits per heavy atom. The lowest BCUT2D eigenvalue weighted by atomic mass is 9.95. The lowest BCUT2D eigenvalue weighted by Crippen LogP contribution is -2.20. The molecule has 0 unspecified atom stereocenters. The van der Waals surface area contributed by atoms with Crippen LogP contribution >= 0.6 is 0 Å². The smallest absolute Gasteiger partial charge is 0.0991 e. The van der Waals surface area contributed by atoms with E-state index < -0.39 is 0 Å². The molecule has 0 fully saturated rings. The van der Waals surface area contributed by atoms with E-state index in [2.05, 4.69) is 141 Å². The van der Waals surface area contributed by atoms with E-state index in [0.29, 0.717) is 11.1 Å². The Morgan fingerprint density at radius 2 is 0.843 bits per heavy atom. The van der Waals surface area contributed by atoms with Gasteiger partial charge in [-0.15, -0.1) is 0 Å². The van der Waals surface area contributed by atoms with Crippen molar-refractivity contribution in [2.24, 2.45) is 0 Å². The van der Waals surface area contributed by atoms with Crippen molar-refractivity contribution >= 4 is 49.3 Å². The molecule has 0 saturated heterocycles. The minimum absolute atomic E-state index is 0.596. The summed E-state index contributed by atoms with van der Waals surface area (Å²) >= 11 is 0. The average Bonchev–Trinajstić information content (AvgIpc) is 3.64. The van der Waals surface area contributed by atoms with Gasteiger partial charge in [0.1, 0.15) is 0 Å². The van der Waals surface area contributed by atoms with Gasteiger partial charge in [0.25, 0.3) is 0 Å². The third kappa shape index (κ3) is 4.46. The van der Waals surface area contributed by atoms with Crippen molar-refractivity contribution in [2.75, 3.05) is 4.90 Å². The first-order valence-electron chi connectivity index (χ1n) is 17.1. The van der Waals surface area contributed by atoms with Crippen LogP contribution in [-0.4, -0.2) is 9.13 Å². The summed E-state index contributed by atoms with van der Waals surface area (Å²) in [7, 11) is 0. The normalized spacial score (nSPS) is 12.5. The van der Waals surface area contributed by atoms with Gasteiger partial charge in [0, 0.05) is 51.7 Å². The predicted molar refractivity (Wildman–Crippen MR) is 206 cm³/mol. The van der Waals surface area contributed by atoms with E-state index in [9.17, 15) is 10.5 Å². The summed E-state index contributed by atoms with van der Waals surface area (Å²) in [4.78, 5) is 2.46. The summed E-state index contributed by atoms with van der Waals surface area (Å²) in [5, 5.41) is 23.9. The molecule has 9 aromatic rings. The first-order chi connectivity index (χ1) is 25.2. The van der Waals surface area contributed by atoms with Crippen LogP contribution in [-0.2, 0) is 13.1 Å². The van der Waals surface area contributed by atoms with Crippen molar-refractivity contribution in [3.63, 3.8) is 0 Å². The molecule has 0 amide bonds. The van der Waals surface area contributed by atoms with E-state index in [-0.39, 0.29) is 0 Å². The second kappa shape index (κ2) is 11.2. The van der Waals surface area contributed by atoms with Gasteiger partial charge in [0.2, 0.25) is 0 Å². The standard InChI is InChI=1S/C46H29N5/c47-26-30-14-20-45-41(22-30)42-23-31(27-48)15-21-46(42)51(45)36-19-17-33-29-49(34-8-2-1-3-9-34)28-32-16-18-35(24-39(32)40(33)25-36)50-43-12-6-4-10-37(43)38-11-5-7-13-44(38)50/h1-25H,28-29H2. The van der Waals surface area contributed by atoms with Gasteiger partial charge in [0.05, 0.1) is 45.3 Å². The van der Waals surface area contributed by atoms with Crippen LogP contribution in [0.4, 0.5) is 5.69 Å². The highest BCUT2D eigenvalue weighted by atomic mass is 15.1. The molecule has 0 saturated carbocycles. The molecule has 0 N–H and O–H groups in total. The van der Waals surface area contributed by atoms with Gasteiger partial charge in [0.15, 0.2) is 0 Å². The maximum atomic E-state index is 9.74. The van der Waals surface area contributed by atoms with Crippen LogP contribution in [0, 0.1) is 22.7 Å². The Balaban J connectivity index is 1.23. The van der Waals surface area contributed by atoms with Crippen LogP contribution in [0.3, 0.4) is 0 Å². The van der Waals surface area contributed by atoms with Gasteiger partial charge < -0.3 is 14.0 Å². The number of anilines is 1. The Labute approximate surface area is 294 Å². The fourth-order valence-electron chi connectivity index (χ4n) is 8.11. The largest absolute Gasteiger partial charge is 0.363 e. The second-order valence-electron chi connectivity index (χ2n) is 13.3. The molecule has 5 nitrogen and oxygen atoms in total. The van der Waals surface area contributed by atoms with Gasteiger partial charge in [-0.05, 0) is 107 Å². The molecule has 0 bridgehead atoms. The van der Waals surface area contributed by atoms with Crippen molar-refractivity contribution in [3.8, 4) is 34.6 Å². The number of aromatic nitrogens is 2. The molecule has 0 radical (unpaired) electrons. The number of hydrogen-bond donors (Lipinski definition) is 0.